The monoisotopic (exact) mass is 279 g/mol. The Hall–Kier alpha value is -1.88. The van der Waals surface area contributed by atoms with Gasteiger partial charge in [-0.2, -0.15) is 0 Å². The minimum absolute atomic E-state index is 0.191. The third-order valence-electron chi connectivity index (χ3n) is 2.65. The molecule has 0 radical (unpaired) electrons. The van der Waals surface area contributed by atoms with Crippen LogP contribution < -0.4 is 5.73 Å². The summed E-state index contributed by atoms with van der Waals surface area (Å²) in [6.07, 6.45) is 0.191. The number of carboxylic acid groups (broad SMARTS) is 1. The Morgan fingerprint density at radius 2 is 1.65 bits per heavy atom. The Bertz CT molecular complexity index is 498. The fourth-order valence-electron chi connectivity index (χ4n) is 1.60. The van der Waals surface area contributed by atoms with E-state index in [1.54, 1.807) is 45.0 Å². The molecule has 0 aromatic heterocycles. The molecule has 5 nitrogen and oxygen atoms in total. The highest BCUT2D eigenvalue weighted by Gasteiger charge is 2.28. The Morgan fingerprint density at radius 1 is 1.15 bits per heavy atom. The van der Waals surface area contributed by atoms with E-state index in [0.29, 0.717) is 5.56 Å². The molecule has 1 aromatic rings. The molecule has 0 amide bonds. The third-order valence-corrected chi connectivity index (χ3v) is 2.65. The van der Waals surface area contributed by atoms with Crippen LogP contribution in [-0.2, 0) is 16.0 Å². The summed E-state index contributed by atoms with van der Waals surface area (Å²) in [4.78, 5) is 22.8. The maximum atomic E-state index is 11.8. The molecule has 110 valence electrons. The van der Waals surface area contributed by atoms with Crippen molar-refractivity contribution in [2.24, 2.45) is 5.73 Å². The number of nitrogens with two attached hydrogens (primary N) is 1. The largest absolute Gasteiger partial charge is 0.480 e. The van der Waals surface area contributed by atoms with Gasteiger partial charge < -0.3 is 15.6 Å². The smallest absolute Gasteiger partial charge is 0.338 e. The van der Waals surface area contributed by atoms with Gasteiger partial charge in [0.05, 0.1) is 5.56 Å². The van der Waals surface area contributed by atoms with Crippen molar-refractivity contribution >= 4 is 11.9 Å². The second kappa shape index (κ2) is 5.63. The first-order valence-electron chi connectivity index (χ1n) is 6.36. The van der Waals surface area contributed by atoms with Gasteiger partial charge in [-0.15, -0.1) is 0 Å². The molecular formula is C15H21NO4. The fraction of sp³-hybridized carbons (Fsp3) is 0.467. The summed E-state index contributed by atoms with van der Waals surface area (Å²) in [5.74, 6) is -1.47. The number of hydrogen-bond acceptors (Lipinski definition) is 4. The van der Waals surface area contributed by atoms with Crippen molar-refractivity contribution in [2.45, 2.75) is 45.3 Å². The van der Waals surface area contributed by atoms with Gasteiger partial charge in [-0.05, 0) is 45.4 Å². The molecule has 0 saturated carbocycles. The summed E-state index contributed by atoms with van der Waals surface area (Å²) in [5.41, 5.74) is 4.99. The van der Waals surface area contributed by atoms with E-state index in [2.05, 4.69) is 0 Å². The van der Waals surface area contributed by atoms with Crippen LogP contribution in [0.5, 0.6) is 0 Å². The molecule has 0 aliphatic rings. The van der Waals surface area contributed by atoms with Crippen LogP contribution in [-0.4, -0.2) is 28.2 Å². The van der Waals surface area contributed by atoms with Crippen LogP contribution in [0.3, 0.4) is 0 Å². The minimum atomic E-state index is -1.33. The van der Waals surface area contributed by atoms with Crippen LogP contribution in [0.25, 0.3) is 0 Å². The zero-order valence-electron chi connectivity index (χ0n) is 12.3. The molecule has 0 unspecified atom stereocenters. The quantitative estimate of drug-likeness (QED) is 0.823. The molecule has 20 heavy (non-hydrogen) atoms. The number of carbonyl (C=O) groups excluding carboxylic acids is 1. The lowest BCUT2D eigenvalue weighted by molar-refractivity contribution is -0.142. The number of aliphatic carboxylic acids is 1. The van der Waals surface area contributed by atoms with Gasteiger partial charge in [0.2, 0.25) is 0 Å². The first kappa shape index (κ1) is 16.2. The second-order valence-corrected chi connectivity index (χ2v) is 6.10. The van der Waals surface area contributed by atoms with Crippen molar-refractivity contribution in [3.05, 3.63) is 35.4 Å². The number of esters is 1. The van der Waals surface area contributed by atoms with Crippen molar-refractivity contribution in [2.75, 3.05) is 0 Å². The highest BCUT2D eigenvalue weighted by Crippen LogP contribution is 2.15. The van der Waals surface area contributed by atoms with Gasteiger partial charge in [0, 0.05) is 6.42 Å². The van der Waals surface area contributed by atoms with Crippen molar-refractivity contribution in [3.8, 4) is 0 Å². The van der Waals surface area contributed by atoms with Crippen LogP contribution in [0.1, 0.15) is 43.6 Å². The van der Waals surface area contributed by atoms with E-state index in [0.717, 1.165) is 5.56 Å². The lowest BCUT2D eigenvalue weighted by Gasteiger charge is -2.20. The fourth-order valence-corrected chi connectivity index (χ4v) is 1.60. The third kappa shape index (κ3) is 4.66. The van der Waals surface area contributed by atoms with Gasteiger partial charge >= 0.3 is 11.9 Å². The van der Waals surface area contributed by atoms with Gasteiger partial charge in [-0.3, -0.25) is 4.79 Å². The lowest BCUT2D eigenvalue weighted by Crippen LogP contribution is -2.46. The van der Waals surface area contributed by atoms with E-state index in [1.165, 1.54) is 6.92 Å². The molecule has 0 fully saturated rings. The van der Waals surface area contributed by atoms with Gasteiger partial charge in [0.25, 0.3) is 0 Å². The van der Waals surface area contributed by atoms with Gasteiger partial charge in [-0.25, -0.2) is 4.79 Å². The molecule has 1 atom stereocenters. The first-order chi connectivity index (χ1) is 9.01. The molecule has 1 rings (SSSR count). The highest BCUT2D eigenvalue weighted by atomic mass is 16.6. The van der Waals surface area contributed by atoms with E-state index < -0.39 is 23.1 Å². The highest BCUT2D eigenvalue weighted by molar-refractivity contribution is 5.89. The maximum Gasteiger partial charge on any atom is 0.338 e. The Morgan fingerprint density at radius 3 is 2.05 bits per heavy atom. The Balaban J connectivity index is 2.80. The predicted octanol–water partition coefficient (Wildman–Crippen LogP) is 1.99. The van der Waals surface area contributed by atoms with E-state index >= 15 is 0 Å². The van der Waals surface area contributed by atoms with Gasteiger partial charge in [-0.1, -0.05) is 12.1 Å². The molecule has 3 N–H and O–H groups in total. The average molecular weight is 279 g/mol. The molecule has 1 aromatic carbocycles. The molecule has 0 aliphatic heterocycles. The van der Waals surface area contributed by atoms with Crippen molar-refractivity contribution in [3.63, 3.8) is 0 Å². The van der Waals surface area contributed by atoms with E-state index in [-0.39, 0.29) is 6.42 Å². The topological polar surface area (TPSA) is 89.6 Å². The summed E-state index contributed by atoms with van der Waals surface area (Å²) >= 11 is 0. The van der Waals surface area contributed by atoms with Crippen LogP contribution in [0.15, 0.2) is 24.3 Å². The van der Waals surface area contributed by atoms with Gasteiger partial charge in [0.15, 0.2) is 0 Å². The number of benzene rings is 1. The molecule has 0 bridgehead atoms. The van der Waals surface area contributed by atoms with Crippen LogP contribution in [0, 0.1) is 0 Å². The number of carboxylic acids is 1. The summed E-state index contributed by atoms with van der Waals surface area (Å²) in [6.45, 7) is 6.85. The maximum absolute atomic E-state index is 11.8. The van der Waals surface area contributed by atoms with E-state index in [1.807, 2.05) is 0 Å². The first-order valence-corrected chi connectivity index (χ1v) is 6.36. The molecular weight excluding hydrogens is 258 g/mol. The zero-order chi connectivity index (χ0) is 15.6. The summed E-state index contributed by atoms with van der Waals surface area (Å²) in [5, 5.41) is 8.97. The Kier molecular flexibility index (Phi) is 4.55. The predicted molar refractivity (Wildman–Crippen MR) is 75.5 cm³/mol. The average Bonchev–Trinajstić information content (AvgIpc) is 2.26. The van der Waals surface area contributed by atoms with Crippen molar-refractivity contribution in [1.82, 2.24) is 0 Å². The van der Waals surface area contributed by atoms with Crippen LogP contribution >= 0.6 is 0 Å². The SMILES string of the molecule is CC(C)(C)OC(=O)c1ccc(C[C@](C)(N)C(=O)O)cc1. The second-order valence-electron chi connectivity index (χ2n) is 6.10. The number of ether oxygens (including phenoxy) is 1. The summed E-state index contributed by atoms with van der Waals surface area (Å²) < 4.78 is 5.25. The minimum Gasteiger partial charge on any atom is -0.480 e. The molecule has 0 spiro atoms. The van der Waals surface area contributed by atoms with Crippen LogP contribution in [0.2, 0.25) is 0 Å². The lowest BCUT2D eigenvalue weighted by atomic mass is 9.94. The van der Waals surface area contributed by atoms with Crippen molar-refractivity contribution < 1.29 is 19.4 Å². The standard InChI is InChI=1S/C15H21NO4/c1-14(2,3)20-12(17)11-7-5-10(6-8-11)9-15(4,16)13(18)19/h5-8H,9,16H2,1-4H3,(H,18,19)/t15-/m0/s1. The van der Waals surface area contributed by atoms with E-state index in [9.17, 15) is 9.59 Å². The van der Waals surface area contributed by atoms with Crippen molar-refractivity contribution in [1.29, 1.82) is 0 Å². The number of rotatable bonds is 4. The normalized spacial score (nSPS) is 14.4. The summed E-state index contributed by atoms with van der Waals surface area (Å²) in [6, 6.07) is 6.60. The zero-order valence-corrected chi connectivity index (χ0v) is 12.3. The number of carbonyl (C=O) groups is 2. The molecule has 0 aliphatic carbocycles. The van der Waals surface area contributed by atoms with Gasteiger partial charge in [0.1, 0.15) is 11.1 Å². The molecule has 5 heteroatoms. The molecule has 0 heterocycles. The Labute approximate surface area is 118 Å². The molecule has 0 saturated heterocycles. The van der Waals surface area contributed by atoms with Crippen LogP contribution in [0.4, 0.5) is 0 Å². The summed E-state index contributed by atoms with van der Waals surface area (Å²) in [7, 11) is 0. The van der Waals surface area contributed by atoms with E-state index in [4.69, 9.17) is 15.6 Å². The number of hydrogen-bond donors (Lipinski definition) is 2.